The van der Waals surface area contributed by atoms with E-state index < -0.39 is 30.4 Å². The summed E-state index contributed by atoms with van der Waals surface area (Å²) in [7, 11) is 0. The van der Waals surface area contributed by atoms with Gasteiger partial charge in [-0.25, -0.2) is 0 Å². The van der Waals surface area contributed by atoms with Crippen molar-refractivity contribution in [3.63, 3.8) is 0 Å². The molecule has 79 valence electrons. The molecule has 2 heterocycles. The molecule has 0 saturated carbocycles. The van der Waals surface area contributed by atoms with Gasteiger partial charge in [-0.1, -0.05) is 0 Å². The molecule has 2 aliphatic heterocycles. The van der Waals surface area contributed by atoms with Gasteiger partial charge in [0.15, 0.2) is 6.10 Å². The minimum Gasteiger partial charge on any atom is -0.388 e. The van der Waals surface area contributed by atoms with Crippen LogP contribution in [0, 0.1) is 6.10 Å². The van der Waals surface area contributed by atoms with Gasteiger partial charge < -0.3 is 20.1 Å². The number of Topliss-reactive ketones (excluding diaryl/α,β-unsaturated/α-hetero) is 1. The SMILES string of the molecule is O=C([C]1OC[C@@H](O)[C@@H](O)[C@H]1O)C1OO1. The Morgan fingerprint density at radius 2 is 1.93 bits per heavy atom. The van der Waals surface area contributed by atoms with Gasteiger partial charge in [-0.2, -0.15) is 9.78 Å². The summed E-state index contributed by atoms with van der Waals surface area (Å²) in [6.45, 7) is -0.244. The summed E-state index contributed by atoms with van der Waals surface area (Å²) >= 11 is 0. The molecule has 1 radical (unpaired) electrons. The van der Waals surface area contributed by atoms with Gasteiger partial charge in [0.25, 0.3) is 6.29 Å². The van der Waals surface area contributed by atoms with Gasteiger partial charge in [0.05, 0.1) is 6.61 Å². The Kier molecular flexibility index (Phi) is 2.52. The molecule has 2 aliphatic rings. The number of carbonyl (C=O) groups is 1. The van der Waals surface area contributed by atoms with Gasteiger partial charge in [-0.05, 0) is 0 Å². The summed E-state index contributed by atoms with van der Waals surface area (Å²) in [4.78, 5) is 19.7. The summed E-state index contributed by atoms with van der Waals surface area (Å²) in [6.07, 6.45) is -5.57. The Labute approximate surface area is 78.7 Å². The molecule has 0 aliphatic carbocycles. The molecule has 2 rings (SSSR count). The molecule has 0 amide bonds. The number of hydrogen-bond donors (Lipinski definition) is 3. The van der Waals surface area contributed by atoms with Crippen molar-refractivity contribution in [1.29, 1.82) is 0 Å². The van der Waals surface area contributed by atoms with Crippen LogP contribution < -0.4 is 0 Å². The maximum atomic E-state index is 11.3. The van der Waals surface area contributed by atoms with E-state index in [1.165, 1.54) is 0 Å². The van der Waals surface area contributed by atoms with Crippen LogP contribution in [0.1, 0.15) is 0 Å². The van der Waals surface area contributed by atoms with Crippen molar-refractivity contribution in [2.24, 2.45) is 0 Å². The number of ketones is 1. The molecule has 3 N–H and O–H groups in total. The van der Waals surface area contributed by atoms with E-state index in [0.717, 1.165) is 0 Å². The fourth-order valence-electron chi connectivity index (χ4n) is 1.17. The molecule has 0 aromatic rings. The highest BCUT2D eigenvalue weighted by molar-refractivity contribution is 5.94. The van der Waals surface area contributed by atoms with E-state index in [-0.39, 0.29) is 12.7 Å². The molecule has 7 heteroatoms. The molecular weight excluding hydrogens is 196 g/mol. The summed E-state index contributed by atoms with van der Waals surface area (Å²) in [6, 6.07) is 0. The molecular formula is C7H9O7. The zero-order chi connectivity index (χ0) is 10.3. The molecule has 0 aromatic heterocycles. The fraction of sp³-hybridized carbons (Fsp3) is 0.714. The van der Waals surface area contributed by atoms with Crippen LogP contribution in [0.15, 0.2) is 0 Å². The van der Waals surface area contributed by atoms with Crippen LogP contribution >= 0.6 is 0 Å². The maximum Gasteiger partial charge on any atom is 0.285 e. The lowest BCUT2D eigenvalue weighted by Gasteiger charge is -2.32. The molecule has 2 fully saturated rings. The Morgan fingerprint density at radius 1 is 1.29 bits per heavy atom. The van der Waals surface area contributed by atoms with Crippen molar-refractivity contribution < 1.29 is 34.6 Å². The molecule has 7 nitrogen and oxygen atoms in total. The second kappa shape index (κ2) is 3.54. The lowest BCUT2D eigenvalue weighted by molar-refractivity contribution is -0.160. The predicted molar refractivity (Wildman–Crippen MR) is 38.2 cm³/mol. The zero-order valence-corrected chi connectivity index (χ0v) is 6.99. The summed E-state index contributed by atoms with van der Waals surface area (Å²) in [5.74, 6) is -0.677. The van der Waals surface area contributed by atoms with Crippen LogP contribution in [0.3, 0.4) is 0 Å². The molecule has 0 bridgehead atoms. The minimum atomic E-state index is -1.54. The highest BCUT2D eigenvalue weighted by Gasteiger charge is 2.49. The highest BCUT2D eigenvalue weighted by atomic mass is 17.4. The van der Waals surface area contributed by atoms with E-state index in [9.17, 15) is 15.0 Å². The van der Waals surface area contributed by atoms with Crippen molar-refractivity contribution in [3.8, 4) is 0 Å². The number of aliphatic hydroxyl groups excluding tert-OH is 3. The lowest BCUT2D eigenvalue weighted by atomic mass is 9.97. The monoisotopic (exact) mass is 205 g/mol. The fourth-order valence-corrected chi connectivity index (χ4v) is 1.17. The van der Waals surface area contributed by atoms with Crippen molar-refractivity contribution >= 4 is 5.78 Å². The summed E-state index contributed by atoms with van der Waals surface area (Å²) in [5, 5.41) is 27.7. The average molecular weight is 205 g/mol. The quantitative estimate of drug-likeness (QED) is 0.337. The van der Waals surface area contributed by atoms with Crippen LogP contribution in [0.25, 0.3) is 0 Å². The molecule has 3 atom stereocenters. The molecule has 0 aromatic carbocycles. The van der Waals surface area contributed by atoms with Crippen molar-refractivity contribution in [2.45, 2.75) is 24.6 Å². The smallest absolute Gasteiger partial charge is 0.285 e. The van der Waals surface area contributed by atoms with Gasteiger partial charge in [0.1, 0.15) is 18.3 Å². The summed E-state index contributed by atoms with van der Waals surface area (Å²) in [5.41, 5.74) is 0. The number of hydrogen-bond acceptors (Lipinski definition) is 7. The second-order valence-electron chi connectivity index (χ2n) is 3.07. The van der Waals surface area contributed by atoms with Crippen LogP contribution in [-0.4, -0.2) is 52.3 Å². The van der Waals surface area contributed by atoms with Gasteiger partial charge in [-0.15, -0.1) is 0 Å². The van der Waals surface area contributed by atoms with E-state index >= 15 is 0 Å². The maximum absolute atomic E-state index is 11.3. The first kappa shape index (κ1) is 9.97. The topological polar surface area (TPSA) is 112 Å². The van der Waals surface area contributed by atoms with E-state index in [0.29, 0.717) is 0 Å². The third kappa shape index (κ3) is 1.65. The second-order valence-corrected chi connectivity index (χ2v) is 3.07. The third-order valence-corrected chi connectivity index (χ3v) is 2.05. The molecule has 0 unspecified atom stereocenters. The van der Waals surface area contributed by atoms with Gasteiger partial charge in [-0.3, -0.25) is 4.79 Å². The van der Waals surface area contributed by atoms with Crippen molar-refractivity contribution in [1.82, 2.24) is 0 Å². The van der Waals surface area contributed by atoms with Crippen LogP contribution in [0.2, 0.25) is 0 Å². The largest absolute Gasteiger partial charge is 0.388 e. The number of ether oxygens (including phenoxy) is 1. The lowest BCUT2D eigenvalue weighted by Crippen LogP contribution is -2.52. The Bertz CT molecular complexity index is 238. The number of aliphatic hydroxyl groups is 3. The molecule has 2 saturated heterocycles. The third-order valence-electron chi connectivity index (χ3n) is 2.05. The molecule has 14 heavy (non-hydrogen) atoms. The first-order valence-corrected chi connectivity index (χ1v) is 4.01. The minimum absolute atomic E-state index is 0.244. The predicted octanol–water partition coefficient (Wildman–Crippen LogP) is -2.51. The van der Waals surface area contributed by atoms with Crippen molar-refractivity contribution in [3.05, 3.63) is 6.10 Å². The van der Waals surface area contributed by atoms with Crippen LogP contribution in [-0.2, 0) is 19.3 Å². The molecule has 0 spiro atoms. The van der Waals surface area contributed by atoms with E-state index in [1.807, 2.05) is 0 Å². The van der Waals surface area contributed by atoms with Crippen LogP contribution in [0.5, 0.6) is 0 Å². The van der Waals surface area contributed by atoms with Gasteiger partial charge >= 0.3 is 0 Å². The normalized spacial score (nSPS) is 39.8. The first-order chi connectivity index (χ1) is 6.61. The zero-order valence-electron chi connectivity index (χ0n) is 6.99. The highest BCUT2D eigenvalue weighted by Crippen LogP contribution is 2.27. The average Bonchev–Trinajstić information content (AvgIpc) is 2.97. The number of rotatable bonds is 2. The van der Waals surface area contributed by atoms with Crippen molar-refractivity contribution in [2.75, 3.05) is 6.61 Å². The Morgan fingerprint density at radius 3 is 2.50 bits per heavy atom. The summed E-state index contributed by atoms with van der Waals surface area (Å²) < 4.78 is 4.78. The standard InChI is InChI=1S/C7H9O7/c8-2-1-12-6(4(10)3(2)9)5(11)7-13-14-7/h2-4,7-10H,1H2/t2-,3-,4-/m1/s1. The van der Waals surface area contributed by atoms with Gasteiger partial charge in [0.2, 0.25) is 5.78 Å². The van der Waals surface area contributed by atoms with E-state index in [1.54, 1.807) is 0 Å². The van der Waals surface area contributed by atoms with Crippen LogP contribution in [0.4, 0.5) is 0 Å². The number of carbonyl (C=O) groups excluding carboxylic acids is 1. The first-order valence-electron chi connectivity index (χ1n) is 4.01. The van der Waals surface area contributed by atoms with E-state index in [4.69, 9.17) is 9.84 Å². The van der Waals surface area contributed by atoms with E-state index in [2.05, 4.69) is 9.78 Å². The van der Waals surface area contributed by atoms with Gasteiger partial charge in [0, 0.05) is 0 Å². The Hall–Kier alpha value is -0.570. The Balaban J connectivity index is 2.01.